The van der Waals surface area contributed by atoms with Crippen LogP contribution in [0, 0.1) is 16.2 Å². The van der Waals surface area contributed by atoms with Gasteiger partial charge in [-0.2, -0.15) is 0 Å². The highest BCUT2D eigenvalue weighted by Crippen LogP contribution is 2.72. The molecule has 2 rings (SSSR count). The fraction of sp³-hybridized carbons (Fsp3) is 0.923. The van der Waals surface area contributed by atoms with Crippen LogP contribution < -0.4 is 5.32 Å². The molecule has 16 heavy (non-hydrogen) atoms. The predicted octanol–water partition coefficient (Wildman–Crippen LogP) is 1.70. The van der Waals surface area contributed by atoms with Gasteiger partial charge in [0.15, 0.2) is 0 Å². The van der Waals surface area contributed by atoms with Crippen molar-refractivity contribution in [2.75, 3.05) is 6.54 Å². The van der Waals surface area contributed by atoms with Crippen molar-refractivity contribution in [1.82, 2.24) is 5.32 Å². The summed E-state index contributed by atoms with van der Waals surface area (Å²) in [6.45, 7) is 9.03. The first-order valence-electron chi connectivity index (χ1n) is 6.28. The van der Waals surface area contributed by atoms with Crippen LogP contribution in [0.4, 0.5) is 0 Å². The zero-order chi connectivity index (χ0) is 12.2. The molecule has 2 fully saturated rings. The van der Waals surface area contributed by atoms with E-state index >= 15 is 0 Å². The van der Waals surface area contributed by atoms with Crippen LogP contribution in [0.2, 0.25) is 0 Å². The van der Waals surface area contributed by atoms with Gasteiger partial charge in [0, 0.05) is 6.54 Å². The second-order valence-corrected chi connectivity index (χ2v) is 6.20. The fourth-order valence-electron chi connectivity index (χ4n) is 3.96. The number of aliphatic hydroxyl groups excluding tert-OH is 1. The number of amides is 1. The van der Waals surface area contributed by atoms with Gasteiger partial charge in [-0.15, -0.1) is 0 Å². The molecular formula is C13H23NO2. The number of hydrogen-bond acceptors (Lipinski definition) is 2. The van der Waals surface area contributed by atoms with E-state index in [1.807, 2.05) is 6.92 Å². The highest BCUT2D eigenvalue weighted by molar-refractivity contribution is 5.85. The molecular weight excluding hydrogens is 202 g/mol. The van der Waals surface area contributed by atoms with E-state index in [-0.39, 0.29) is 28.3 Å². The van der Waals surface area contributed by atoms with Crippen LogP contribution in [0.1, 0.15) is 47.0 Å². The zero-order valence-corrected chi connectivity index (χ0v) is 10.8. The molecule has 0 unspecified atom stereocenters. The van der Waals surface area contributed by atoms with Gasteiger partial charge in [0.05, 0.1) is 11.5 Å². The van der Waals surface area contributed by atoms with Gasteiger partial charge in [-0.1, -0.05) is 20.8 Å². The summed E-state index contributed by atoms with van der Waals surface area (Å²) in [6.07, 6.45) is 2.17. The van der Waals surface area contributed by atoms with Crippen LogP contribution >= 0.6 is 0 Å². The van der Waals surface area contributed by atoms with Crippen LogP contribution in [0.5, 0.6) is 0 Å². The normalized spacial score (nSPS) is 44.7. The Morgan fingerprint density at radius 1 is 1.38 bits per heavy atom. The maximum absolute atomic E-state index is 12.3. The van der Waals surface area contributed by atoms with E-state index in [1.54, 1.807) is 0 Å². The van der Waals surface area contributed by atoms with Gasteiger partial charge in [0.25, 0.3) is 0 Å². The maximum Gasteiger partial charge on any atom is 0.226 e. The van der Waals surface area contributed by atoms with Gasteiger partial charge < -0.3 is 10.4 Å². The van der Waals surface area contributed by atoms with Gasteiger partial charge in [0.2, 0.25) is 5.91 Å². The van der Waals surface area contributed by atoms with Gasteiger partial charge in [0.1, 0.15) is 0 Å². The van der Waals surface area contributed by atoms with Crippen LogP contribution in [0.3, 0.4) is 0 Å². The number of nitrogens with one attached hydrogen (secondary N) is 1. The van der Waals surface area contributed by atoms with Crippen molar-refractivity contribution >= 4 is 5.91 Å². The van der Waals surface area contributed by atoms with E-state index < -0.39 is 0 Å². The lowest BCUT2D eigenvalue weighted by molar-refractivity contribution is -0.135. The largest absolute Gasteiger partial charge is 0.393 e. The lowest BCUT2D eigenvalue weighted by Gasteiger charge is -2.40. The smallest absolute Gasteiger partial charge is 0.226 e. The Labute approximate surface area is 97.6 Å². The minimum absolute atomic E-state index is 0.0991. The molecule has 3 heteroatoms. The lowest BCUT2D eigenvalue weighted by atomic mass is 9.64. The Kier molecular flexibility index (Phi) is 2.40. The van der Waals surface area contributed by atoms with E-state index in [2.05, 4.69) is 26.1 Å². The molecule has 0 aromatic carbocycles. The Morgan fingerprint density at radius 3 is 2.38 bits per heavy atom. The van der Waals surface area contributed by atoms with Gasteiger partial charge >= 0.3 is 0 Å². The first-order valence-corrected chi connectivity index (χ1v) is 6.28. The summed E-state index contributed by atoms with van der Waals surface area (Å²) in [6, 6.07) is 0. The number of rotatable bonds is 2. The predicted molar refractivity (Wildman–Crippen MR) is 62.9 cm³/mol. The molecule has 2 saturated carbocycles. The number of fused-ring (bicyclic) bond motifs is 2. The van der Waals surface area contributed by atoms with Crippen LogP contribution in [-0.2, 0) is 4.79 Å². The molecule has 3 nitrogen and oxygen atoms in total. The van der Waals surface area contributed by atoms with Crippen molar-refractivity contribution in [3.8, 4) is 0 Å². The van der Waals surface area contributed by atoms with E-state index in [0.717, 1.165) is 12.8 Å². The van der Waals surface area contributed by atoms with Gasteiger partial charge in [-0.05, 0) is 37.0 Å². The van der Waals surface area contributed by atoms with Gasteiger partial charge in [-0.3, -0.25) is 4.79 Å². The quantitative estimate of drug-likeness (QED) is 0.751. The first-order chi connectivity index (χ1) is 7.32. The minimum Gasteiger partial charge on any atom is -0.393 e. The number of aliphatic hydroxyl groups is 1. The summed E-state index contributed by atoms with van der Waals surface area (Å²) in [7, 11) is 0. The molecule has 2 aliphatic rings. The van der Waals surface area contributed by atoms with Crippen molar-refractivity contribution in [2.24, 2.45) is 16.2 Å². The molecule has 0 spiro atoms. The maximum atomic E-state index is 12.3. The summed E-state index contributed by atoms with van der Waals surface area (Å²) in [5, 5.41) is 13.2. The second-order valence-electron chi connectivity index (χ2n) is 6.20. The third-order valence-electron chi connectivity index (χ3n) is 5.74. The molecule has 3 atom stereocenters. The number of carbonyl (C=O) groups is 1. The summed E-state index contributed by atoms with van der Waals surface area (Å²) < 4.78 is 0. The third-order valence-corrected chi connectivity index (χ3v) is 5.74. The highest BCUT2D eigenvalue weighted by atomic mass is 16.3. The topological polar surface area (TPSA) is 49.3 Å². The fourth-order valence-corrected chi connectivity index (χ4v) is 3.96. The Morgan fingerprint density at radius 2 is 2.00 bits per heavy atom. The summed E-state index contributed by atoms with van der Waals surface area (Å²) in [5.74, 6) is 0.139. The van der Waals surface area contributed by atoms with Gasteiger partial charge in [-0.25, -0.2) is 0 Å². The van der Waals surface area contributed by atoms with E-state index in [4.69, 9.17) is 0 Å². The molecule has 0 radical (unpaired) electrons. The van der Waals surface area contributed by atoms with Crippen molar-refractivity contribution in [3.63, 3.8) is 0 Å². The number of carbonyl (C=O) groups excluding carboxylic acids is 1. The summed E-state index contributed by atoms with van der Waals surface area (Å²) in [4.78, 5) is 12.3. The van der Waals surface area contributed by atoms with Crippen LogP contribution in [0.25, 0.3) is 0 Å². The van der Waals surface area contributed by atoms with E-state index in [0.29, 0.717) is 13.0 Å². The van der Waals surface area contributed by atoms with E-state index in [9.17, 15) is 9.90 Å². The van der Waals surface area contributed by atoms with Crippen molar-refractivity contribution in [2.45, 2.75) is 53.1 Å². The SMILES string of the molecule is CCNC(=O)[C@@]12CC[C@@](C)([C@H](O)C1)C2(C)C. The lowest BCUT2D eigenvalue weighted by Crippen LogP contribution is -2.46. The standard InChI is InChI=1S/C13H23NO2/c1-5-14-10(16)13-7-6-12(4,9(15)8-13)11(13,2)3/h9,15H,5-8H2,1-4H3,(H,14,16)/t9-,12+,13-/m1/s1. The molecule has 2 bridgehead atoms. The zero-order valence-electron chi connectivity index (χ0n) is 10.8. The molecule has 1 amide bonds. The van der Waals surface area contributed by atoms with Crippen molar-refractivity contribution in [3.05, 3.63) is 0 Å². The Bertz CT molecular complexity index is 326. The molecule has 0 aromatic heterocycles. The average molecular weight is 225 g/mol. The highest BCUT2D eigenvalue weighted by Gasteiger charge is 2.71. The molecule has 2 aliphatic carbocycles. The van der Waals surface area contributed by atoms with Crippen molar-refractivity contribution in [1.29, 1.82) is 0 Å². The van der Waals surface area contributed by atoms with Crippen LogP contribution in [0.15, 0.2) is 0 Å². The molecule has 0 heterocycles. The van der Waals surface area contributed by atoms with Crippen molar-refractivity contribution < 1.29 is 9.90 Å². The van der Waals surface area contributed by atoms with E-state index in [1.165, 1.54) is 0 Å². The molecule has 2 N–H and O–H groups in total. The Balaban J connectivity index is 2.40. The second kappa shape index (κ2) is 3.22. The molecule has 0 aromatic rings. The monoisotopic (exact) mass is 225 g/mol. The third kappa shape index (κ3) is 1.05. The molecule has 92 valence electrons. The van der Waals surface area contributed by atoms with Crippen LogP contribution in [-0.4, -0.2) is 23.7 Å². The first kappa shape index (κ1) is 11.9. The Hall–Kier alpha value is -0.570. The number of hydrogen-bond donors (Lipinski definition) is 2. The molecule has 0 saturated heterocycles. The summed E-state index contributed by atoms with van der Waals surface area (Å²) in [5.41, 5.74) is -0.562. The average Bonchev–Trinajstić information content (AvgIpc) is 2.48. The molecule has 0 aliphatic heterocycles. The minimum atomic E-state index is -0.350. The summed E-state index contributed by atoms with van der Waals surface area (Å²) >= 11 is 0.